The van der Waals surface area contributed by atoms with Gasteiger partial charge in [0.25, 0.3) is 5.88 Å². The van der Waals surface area contributed by atoms with Gasteiger partial charge in [0.05, 0.1) is 17.4 Å². The summed E-state index contributed by atoms with van der Waals surface area (Å²) in [7, 11) is 0. The fourth-order valence-electron chi connectivity index (χ4n) is 4.73. The molecule has 0 atom stereocenters. The first-order valence-electron chi connectivity index (χ1n) is 10.4. The molecule has 2 aromatic rings. The molecule has 3 heterocycles. The number of halogens is 2. The molecule has 2 saturated heterocycles. The molecule has 0 unspecified atom stereocenters. The lowest BCUT2D eigenvalue weighted by molar-refractivity contribution is -0.255. The van der Waals surface area contributed by atoms with Crippen LogP contribution >= 0.6 is 24.1 Å². The zero-order chi connectivity index (χ0) is 21.5. The van der Waals surface area contributed by atoms with Crippen molar-refractivity contribution in [3.8, 4) is 5.88 Å². The number of piperidine rings is 1. The van der Waals surface area contributed by atoms with Crippen LogP contribution in [0.3, 0.4) is 0 Å². The summed E-state index contributed by atoms with van der Waals surface area (Å²) in [5, 5.41) is 12.0. The van der Waals surface area contributed by atoms with Gasteiger partial charge in [0.1, 0.15) is 11.9 Å². The largest absolute Gasteiger partial charge is 0.471 e. The monoisotopic (exact) mass is 471 g/mol. The molecule has 172 valence electrons. The Morgan fingerprint density at radius 2 is 1.58 bits per heavy atom. The van der Waals surface area contributed by atoms with Crippen molar-refractivity contribution in [2.45, 2.75) is 57.7 Å². The summed E-state index contributed by atoms with van der Waals surface area (Å²) in [4.78, 5) is 4.22. The summed E-state index contributed by atoms with van der Waals surface area (Å²) in [5.41, 5.74) is -0.131. The average molecular weight is 472 g/mol. The summed E-state index contributed by atoms with van der Waals surface area (Å²) < 4.78 is 29.3. The molecule has 0 amide bonds. The van der Waals surface area contributed by atoms with Crippen molar-refractivity contribution in [3.63, 3.8) is 0 Å². The molecular formula is C21H31ClFN5O2S. The van der Waals surface area contributed by atoms with E-state index >= 15 is 0 Å². The number of aromatic nitrogens is 2. The highest BCUT2D eigenvalue weighted by Gasteiger charge is 2.46. The van der Waals surface area contributed by atoms with Crippen LogP contribution in [0, 0.1) is 5.82 Å². The van der Waals surface area contributed by atoms with Crippen molar-refractivity contribution in [1.82, 2.24) is 13.8 Å². The molecule has 2 aliphatic heterocycles. The van der Waals surface area contributed by atoms with Crippen molar-refractivity contribution < 1.29 is 14.3 Å². The number of nitrogens with zero attached hydrogens (tertiary/aromatic N) is 5. The number of para-hydroxylation sites is 1. The van der Waals surface area contributed by atoms with Gasteiger partial charge in [0.2, 0.25) is 5.82 Å². The van der Waals surface area contributed by atoms with E-state index in [-0.39, 0.29) is 35.4 Å². The van der Waals surface area contributed by atoms with E-state index in [9.17, 15) is 9.60 Å². The molecule has 31 heavy (non-hydrogen) atoms. The van der Waals surface area contributed by atoms with Crippen LogP contribution in [0.1, 0.15) is 40.5 Å². The molecule has 4 rings (SSSR count). The van der Waals surface area contributed by atoms with Crippen LogP contribution in [0.5, 0.6) is 5.88 Å². The van der Waals surface area contributed by atoms with Gasteiger partial charge in [-0.1, -0.05) is 12.1 Å². The van der Waals surface area contributed by atoms with Crippen LogP contribution in [-0.2, 0) is 0 Å². The third-order valence-electron chi connectivity index (χ3n) is 6.09. The summed E-state index contributed by atoms with van der Waals surface area (Å²) in [6.07, 6.45) is 1.34. The van der Waals surface area contributed by atoms with Gasteiger partial charge >= 0.3 is 0 Å². The lowest BCUT2D eigenvalue weighted by atomic mass is 9.80. The maximum Gasteiger partial charge on any atom is 0.271 e. The first kappa shape index (κ1) is 24.0. The molecule has 2 aliphatic rings. The molecule has 1 N–H and O–H groups in total. The van der Waals surface area contributed by atoms with E-state index in [1.165, 1.54) is 11.1 Å². The van der Waals surface area contributed by atoms with Crippen LogP contribution < -0.4 is 14.5 Å². The number of piperazine rings is 1. The van der Waals surface area contributed by atoms with Crippen molar-refractivity contribution in [3.05, 3.63) is 30.1 Å². The average Bonchev–Trinajstić information content (AvgIpc) is 3.14. The number of hydroxylamine groups is 2. The quantitative estimate of drug-likeness (QED) is 0.716. The summed E-state index contributed by atoms with van der Waals surface area (Å²) in [6, 6.07) is 6.89. The van der Waals surface area contributed by atoms with Crippen LogP contribution in [0.2, 0.25) is 0 Å². The maximum absolute atomic E-state index is 14.1. The summed E-state index contributed by atoms with van der Waals surface area (Å²) in [5.74, 6) is 1.13. The lowest BCUT2D eigenvalue weighted by Crippen LogP contribution is -2.61. The Morgan fingerprint density at radius 1 is 1.00 bits per heavy atom. The first-order valence-corrected chi connectivity index (χ1v) is 11.1. The zero-order valence-electron chi connectivity index (χ0n) is 18.4. The van der Waals surface area contributed by atoms with Gasteiger partial charge in [-0.2, -0.15) is 9.44 Å². The van der Waals surface area contributed by atoms with Gasteiger partial charge in [-0.25, -0.2) is 4.39 Å². The molecule has 1 aromatic heterocycles. The molecule has 1 aromatic carbocycles. The zero-order valence-corrected chi connectivity index (χ0v) is 20.0. The molecule has 0 spiro atoms. The van der Waals surface area contributed by atoms with Gasteiger partial charge in [0, 0.05) is 50.1 Å². The lowest BCUT2D eigenvalue weighted by Gasteiger charge is -2.51. The normalized spacial score (nSPS) is 21.6. The van der Waals surface area contributed by atoms with Gasteiger partial charge in [-0.3, -0.25) is 0 Å². The summed E-state index contributed by atoms with van der Waals surface area (Å²) >= 11 is 1.15. The molecule has 10 heteroatoms. The highest BCUT2D eigenvalue weighted by molar-refractivity contribution is 6.99. The Morgan fingerprint density at radius 3 is 2.19 bits per heavy atom. The second-order valence-corrected chi connectivity index (χ2v) is 9.93. The number of rotatable bonds is 4. The second kappa shape index (κ2) is 9.05. The minimum atomic E-state index is -0.387. The molecule has 2 fully saturated rings. The predicted molar refractivity (Wildman–Crippen MR) is 123 cm³/mol. The van der Waals surface area contributed by atoms with E-state index in [1.807, 2.05) is 39.8 Å². The van der Waals surface area contributed by atoms with Crippen LogP contribution in [0.25, 0.3) is 0 Å². The van der Waals surface area contributed by atoms with Crippen molar-refractivity contribution in [2.24, 2.45) is 0 Å². The van der Waals surface area contributed by atoms with E-state index in [0.29, 0.717) is 37.5 Å². The van der Waals surface area contributed by atoms with E-state index in [2.05, 4.69) is 18.5 Å². The third-order valence-corrected chi connectivity index (χ3v) is 6.60. The van der Waals surface area contributed by atoms with Crippen LogP contribution in [-0.4, -0.2) is 62.4 Å². The van der Waals surface area contributed by atoms with E-state index < -0.39 is 0 Å². The fourth-order valence-corrected chi connectivity index (χ4v) is 5.24. The topological polar surface area (TPSA) is 65.0 Å². The summed E-state index contributed by atoms with van der Waals surface area (Å²) in [6.45, 7) is 10.9. The third kappa shape index (κ3) is 4.89. The Kier molecular flexibility index (Phi) is 7.00. The number of anilines is 2. The fraction of sp³-hybridized carbons (Fsp3) is 0.619. The number of benzene rings is 1. The highest BCUT2D eigenvalue weighted by Crippen LogP contribution is 2.39. The minimum absolute atomic E-state index is 0. The van der Waals surface area contributed by atoms with Crippen LogP contribution in [0.4, 0.5) is 15.9 Å². The van der Waals surface area contributed by atoms with E-state index in [1.54, 1.807) is 6.07 Å². The van der Waals surface area contributed by atoms with Gasteiger partial charge in [-0.05, 0) is 39.8 Å². The SMILES string of the molecule is CC1(C)CC(Oc2nsnc2N2CCN(c3ccccc3F)CC2)CC(C)(C)N1O.Cl. The van der Waals surface area contributed by atoms with Crippen LogP contribution in [0.15, 0.2) is 24.3 Å². The number of hydrogen-bond donors (Lipinski definition) is 1. The van der Waals surface area contributed by atoms with Gasteiger partial charge in [-0.15, -0.1) is 16.8 Å². The first-order chi connectivity index (χ1) is 14.2. The smallest absolute Gasteiger partial charge is 0.271 e. The molecule has 0 saturated carbocycles. The number of hydrogen-bond acceptors (Lipinski definition) is 8. The van der Waals surface area contributed by atoms with Crippen molar-refractivity contribution >= 4 is 35.6 Å². The van der Waals surface area contributed by atoms with Gasteiger partial charge in [0.15, 0.2) is 0 Å². The Hall–Kier alpha value is -1.68. The minimum Gasteiger partial charge on any atom is -0.471 e. The highest BCUT2D eigenvalue weighted by atomic mass is 35.5. The molecule has 7 nitrogen and oxygen atoms in total. The molecule has 0 bridgehead atoms. The molecular weight excluding hydrogens is 441 g/mol. The van der Waals surface area contributed by atoms with Crippen molar-refractivity contribution in [2.75, 3.05) is 36.0 Å². The van der Waals surface area contributed by atoms with Gasteiger partial charge < -0.3 is 19.7 Å². The van der Waals surface area contributed by atoms with E-state index in [0.717, 1.165) is 30.6 Å². The Labute approximate surface area is 193 Å². The Bertz CT molecular complexity index is 870. The standard InChI is InChI=1S/C21H30FN5O2S.ClH/c1-20(2)13-15(14-21(3,4)27(20)28)29-19-18(23-30-24-19)26-11-9-25(10-12-26)17-8-6-5-7-16(17)22;/h5-8,15,28H,9-14H2,1-4H3;1H. The number of ether oxygens (including phenoxy) is 1. The van der Waals surface area contributed by atoms with Crippen molar-refractivity contribution in [1.29, 1.82) is 0 Å². The molecule has 0 radical (unpaired) electrons. The van der Waals surface area contributed by atoms with E-state index in [4.69, 9.17) is 4.74 Å². The second-order valence-electron chi connectivity index (χ2n) is 9.40. The predicted octanol–water partition coefficient (Wildman–Crippen LogP) is 4.22. The Balaban J connectivity index is 0.00000272. The molecule has 0 aliphatic carbocycles. The maximum atomic E-state index is 14.1.